The normalized spacial score (nSPS) is 19.1. The van der Waals surface area contributed by atoms with Crippen LogP contribution >= 0.6 is 11.3 Å². The third-order valence-corrected chi connectivity index (χ3v) is 5.37. The molecule has 20 heavy (non-hydrogen) atoms. The molecule has 2 heterocycles. The second kappa shape index (κ2) is 5.49. The Labute approximate surface area is 119 Å². The molecular weight excluding hydrogens is 315 g/mol. The van der Waals surface area contributed by atoms with Crippen LogP contribution in [0.15, 0.2) is 6.20 Å². The van der Waals surface area contributed by atoms with Crippen LogP contribution in [0.4, 0.5) is 18.3 Å². The first-order chi connectivity index (χ1) is 9.18. The highest BCUT2D eigenvalue weighted by atomic mass is 32.2. The van der Waals surface area contributed by atoms with Gasteiger partial charge in [0.2, 0.25) is 10.0 Å². The lowest BCUT2D eigenvalue weighted by Crippen LogP contribution is -2.34. The van der Waals surface area contributed by atoms with Gasteiger partial charge in [0.1, 0.15) is 4.88 Å². The number of aromatic nitrogens is 1. The molecule has 0 unspecified atom stereocenters. The van der Waals surface area contributed by atoms with Crippen LogP contribution in [0.5, 0.6) is 0 Å². The third-order valence-electron chi connectivity index (χ3n) is 2.97. The van der Waals surface area contributed by atoms with Gasteiger partial charge >= 0.3 is 6.18 Å². The Morgan fingerprint density at radius 2 is 1.95 bits per heavy atom. The molecule has 0 aromatic carbocycles. The smallest absolute Gasteiger partial charge is 0.347 e. The maximum absolute atomic E-state index is 12.5. The molecule has 1 aromatic heterocycles. The molecule has 114 valence electrons. The fourth-order valence-corrected chi connectivity index (χ4v) is 3.67. The quantitative estimate of drug-likeness (QED) is 0.828. The number of hydrogen-bond donors (Lipinski definition) is 0. The Morgan fingerprint density at radius 3 is 2.50 bits per heavy atom. The lowest BCUT2D eigenvalue weighted by molar-refractivity contribution is -0.134. The van der Waals surface area contributed by atoms with Crippen molar-refractivity contribution in [2.24, 2.45) is 0 Å². The van der Waals surface area contributed by atoms with Crippen LogP contribution in [0.2, 0.25) is 0 Å². The Balaban J connectivity index is 2.09. The molecule has 1 fully saturated rings. The maximum atomic E-state index is 12.5. The second-order valence-electron chi connectivity index (χ2n) is 4.51. The van der Waals surface area contributed by atoms with Gasteiger partial charge in [-0.2, -0.15) is 13.2 Å². The summed E-state index contributed by atoms with van der Waals surface area (Å²) in [6.07, 6.45) is -1.87. The molecule has 1 aliphatic heterocycles. The molecule has 10 heteroatoms. The number of sulfonamides is 1. The highest BCUT2D eigenvalue weighted by molar-refractivity contribution is 7.88. The third kappa shape index (κ3) is 3.61. The van der Waals surface area contributed by atoms with Gasteiger partial charge in [-0.3, -0.25) is 0 Å². The summed E-state index contributed by atoms with van der Waals surface area (Å²) in [4.78, 5) is 4.75. The summed E-state index contributed by atoms with van der Waals surface area (Å²) in [6, 6.07) is 0. The molecule has 0 saturated carbocycles. The Bertz CT molecular complexity index is 571. The summed E-state index contributed by atoms with van der Waals surface area (Å²) in [5, 5.41) is 0.285. The highest BCUT2D eigenvalue weighted by Crippen LogP contribution is 2.36. The first kappa shape index (κ1) is 15.5. The van der Waals surface area contributed by atoms with Gasteiger partial charge in [-0.25, -0.2) is 17.7 Å². The van der Waals surface area contributed by atoms with Gasteiger partial charge in [0.25, 0.3) is 0 Å². The summed E-state index contributed by atoms with van der Waals surface area (Å²) in [5.74, 6) is 0. The van der Waals surface area contributed by atoms with Crippen molar-refractivity contribution in [3.05, 3.63) is 11.1 Å². The predicted molar refractivity (Wildman–Crippen MR) is 70.4 cm³/mol. The fraction of sp³-hybridized carbons (Fsp3) is 0.700. The first-order valence-corrected chi connectivity index (χ1v) is 8.57. The summed E-state index contributed by atoms with van der Waals surface area (Å²) in [5.41, 5.74) is 0. The molecule has 0 spiro atoms. The van der Waals surface area contributed by atoms with Gasteiger partial charge in [-0.1, -0.05) is 11.3 Å². The number of thiazole rings is 1. The predicted octanol–water partition coefficient (Wildman–Crippen LogP) is 1.63. The molecule has 0 atom stereocenters. The van der Waals surface area contributed by atoms with Crippen molar-refractivity contribution in [1.82, 2.24) is 9.29 Å². The van der Waals surface area contributed by atoms with Crippen molar-refractivity contribution in [1.29, 1.82) is 0 Å². The van der Waals surface area contributed by atoms with Gasteiger partial charge in [-0.15, -0.1) is 0 Å². The standard InChI is InChI=1S/C10H14F3N3O2S2/c1-20(17,18)16-4-2-3-15(5-6-16)9-14-7-8(19-9)10(11,12)13/h7H,2-6H2,1H3. The van der Waals surface area contributed by atoms with E-state index in [9.17, 15) is 21.6 Å². The number of nitrogens with zero attached hydrogens (tertiary/aromatic N) is 3. The lowest BCUT2D eigenvalue weighted by Gasteiger charge is -2.19. The average molecular weight is 329 g/mol. The van der Waals surface area contributed by atoms with Crippen LogP contribution in [-0.4, -0.2) is 50.1 Å². The van der Waals surface area contributed by atoms with E-state index in [1.54, 1.807) is 4.90 Å². The van der Waals surface area contributed by atoms with Gasteiger partial charge in [-0.05, 0) is 6.42 Å². The van der Waals surface area contributed by atoms with Crippen LogP contribution in [0, 0.1) is 0 Å². The summed E-state index contributed by atoms with van der Waals surface area (Å²) in [6.45, 7) is 1.49. The zero-order valence-electron chi connectivity index (χ0n) is 10.7. The monoisotopic (exact) mass is 329 g/mol. The minimum absolute atomic E-state index is 0.264. The van der Waals surface area contributed by atoms with E-state index in [1.165, 1.54) is 4.31 Å². The average Bonchev–Trinajstić information content (AvgIpc) is 2.66. The molecule has 0 amide bonds. The lowest BCUT2D eigenvalue weighted by atomic mass is 10.4. The van der Waals surface area contributed by atoms with Crippen LogP contribution in [0.25, 0.3) is 0 Å². The Hall–Kier alpha value is -0.870. The van der Waals surface area contributed by atoms with Gasteiger partial charge in [0.15, 0.2) is 5.13 Å². The van der Waals surface area contributed by atoms with Crippen molar-refractivity contribution in [3.8, 4) is 0 Å². The zero-order valence-corrected chi connectivity index (χ0v) is 12.4. The molecule has 5 nitrogen and oxygen atoms in total. The number of alkyl halides is 3. The van der Waals surface area contributed by atoms with Gasteiger partial charge in [0.05, 0.1) is 12.5 Å². The zero-order chi connectivity index (χ0) is 15.0. The van der Waals surface area contributed by atoms with Crippen molar-refractivity contribution in [3.63, 3.8) is 0 Å². The van der Waals surface area contributed by atoms with E-state index in [2.05, 4.69) is 4.98 Å². The number of halogens is 3. The molecule has 1 aliphatic rings. The van der Waals surface area contributed by atoms with Crippen LogP contribution in [-0.2, 0) is 16.2 Å². The largest absolute Gasteiger partial charge is 0.427 e. The van der Waals surface area contributed by atoms with E-state index in [-0.39, 0.29) is 11.7 Å². The van der Waals surface area contributed by atoms with Gasteiger partial charge in [0, 0.05) is 26.2 Å². The van der Waals surface area contributed by atoms with E-state index >= 15 is 0 Å². The molecule has 0 radical (unpaired) electrons. The molecule has 1 aromatic rings. The van der Waals surface area contributed by atoms with E-state index < -0.39 is 21.1 Å². The number of anilines is 1. The maximum Gasteiger partial charge on any atom is 0.427 e. The van der Waals surface area contributed by atoms with Crippen LogP contribution in [0.1, 0.15) is 11.3 Å². The van der Waals surface area contributed by atoms with Crippen molar-refractivity contribution >= 4 is 26.5 Å². The summed E-state index contributed by atoms with van der Waals surface area (Å²) >= 11 is 0.586. The minimum Gasteiger partial charge on any atom is -0.347 e. The fourth-order valence-electron chi connectivity index (χ4n) is 1.96. The Morgan fingerprint density at radius 1 is 1.25 bits per heavy atom. The molecule has 1 saturated heterocycles. The highest BCUT2D eigenvalue weighted by Gasteiger charge is 2.34. The van der Waals surface area contributed by atoms with E-state index in [1.807, 2.05) is 0 Å². The first-order valence-electron chi connectivity index (χ1n) is 5.91. The van der Waals surface area contributed by atoms with E-state index in [0.717, 1.165) is 12.5 Å². The van der Waals surface area contributed by atoms with Crippen LogP contribution in [0.3, 0.4) is 0 Å². The minimum atomic E-state index is -4.39. The number of hydrogen-bond acceptors (Lipinski definition) is 5. The number of rotatable bonds is 2. The van der Waals surface area contributed by atoms with Crippen LogP contribution < -0.4 is 4.90 Å². The van der Waals surface area contributed by atoms with E-state index in [0.29, 0.717) is 37.4 Å². The van der Waals surface area contributed by atoms with E-state index in [4.69, 9.17) is 0 Å². The second-order valence-corrected chi connectivity index (χ2v) is 7.50. The van der Waals surface area contributed by atoms with Crippen molar-refractivity contribution in [2.75, 3.05) is 37.3 Å². The van der Waals surface area contributed by atoms with Gasteiger partial charge < -0.3 is 4.90 Å². The molecule has 0 bridgehead atoms. The van der Waals surface area contributed by atoms with Crippen molar-refractivity contribution < 1.29 is 21.6 Å². The SMILES string of the molecule is CS(=O)(=O)N1CCCN(c2ncc(C(F)(F)F)s2)CC1. The molecule has 0 aliphatic carbocycles. The molecule has 0 N–H and O–H groups in total. The Kier molecular flexibility index (Phi) is 4.26. The molecular formula is C10H14F3N3O2S2. The van der Waals surface area contributed by atoms with Crippen molar-refractivity contribution in [2.45, 2.75) is 12.6 Å². The molecule has 2 rings (SSSR count). The summed E-state index contributed by atoms with van der Waals surface area (Å²) in [7, 11) is -3.26. The topological polar surface area (TPSA) is 53.5 Å². The summed E-state index contributed by atoms with van der Waals surface area (Å²) < 4.78 is 61.9.